The Labute approximate surface area is 156 Å². The van der Waals surface area contributed by atoms with E-state index in [4.69, 9.17) is 5.73 Å². The molecule has 0 spiro atoms. The van der Waals surface area contributed by atoms with Crippen molar-refractivity contribution in [3.63, 3.8) is 0 Å². The second-order valence-corrected chi connectivity index (χ2v) is 6.75. The number of amides is 1. The number of benzene rings is 2. The van der Waals surface area contributed by atoms with Crippen molar-refractivity contribution in [2.24, 2.45) is 17.6 Å². The normalized spacial score (nSPS) is 19.3. The highest BCUT2D eigenvalue weighted by Gasteiger charge is 2.33. The van der Waals surface area contributed by atoms with Gasteiger partial charge in [-0.15, -0.1) is 12.4 Å². The van der Waals surface area contributed by atoms with Gasteiger partial charge in [-0.2, -0.15) is 0 Å². The molecule has 1 fully saturated rings. The fraction of sp³-hybridized carbons (Fsp3) is 0.381. The molecule has 3 rings (SSSR count). The quantitative estimate of drug-likeness (QED) is 0.874. The summed E-state index contributed by atoms with van der Waals surface area (Å²) < 4.78 is 0. The highest BCUT2D eigenvalue weighted by Crippen LogP contribution is 2.33. The summed E-state index contributed by atoms with van der Waals surface area (Å²) in [6.45, 7) is 1.25. The van der Waals surface area contributed by atoms with Gasteiger partial charge in [-0.05, 0) is 42.0 Å². The van der Waals surface area contributed by atoms with Gasteiger partial charge >= 0.3 is 0 Å². The number of nitrogens with two attached hydrogens (primary N) is 1. The molecule has 2 N–H and O–H groups in total. The minimum absolute atomic E-state index is 0. The Morgan fingerprint density at radius 3 is 2.48 bits per heavy atom. The first-order valence-corrected chi connectivity index (χ1v) is 8.79. The molecule has 134 valence electrons. The van der Waals surface area contributed by atoms with E-state index in [0.29, 0.717) is 19.0 Å². The molecule has 2 aromatic rings. The summed E-state index contributed by atoms with van der Waals surface area (Å²) in [5.74, 6) is 0.694. The van der Waals surface area contributed by atoms with E-state index in [1.807, 2.05) is 36.2 Å². The lowest BCUT2D eigenvalue weighted by atomic mass is 9.94. The lowest BCUT2D eigenvalue weighted by Crippen LogP contribution is -2.36. The largest absolute Gasteiger partial charge is 0.341 e. The molecule has 1 aliphatic rings. The Balaban J connectivity index is 0.00000225. The molecule has 0 radical (unpaired) electrons. The van der Waals surface area contributed by atoms with Crippen LogP contribution in [0.25, 0.3) is 11.1 Å². The van der Waals surface area contributed by atoms with Crippen LogP contribution in [0.1, 0.15) is 24.8 Å². The van der Waals surface area contributed by atoms with Gasteiger partial charge in [0.05, 0.1) is 0 Å². The summed E-state index contributed by atoms with van der Waals surface area (Å²) in [6, 6.07) is 18.7. The Bertz CT molecular complexity index is 689. The average molecular weight is 359 g/mol. The molecular formula is C21H27ClN2O. The van der Waals surface area contributed by atoms with Gasteiger partial charge in [-0.3, -0.25) is 4.79 Å². The molecule has 2 aromatic carbocycles. The molecule has 2 atom stereocenters. The van der Waals surface area contributed by atoms with Gasteiger partial charge < -0.3 is 10.6 Å². The van der Waals surface area contributed by atoms with Crippen molar-refractivity contribution in [2.45, 2.75) is 25.8 Å². The Kier molecular flexibility index (Phi) is 7.03. The highest BCUT2D eigenvalue weighted by atomic mass is 35.5. The van der Waals surface area contributed by atoms with Crippen LogP contribution in [0.3, 0.4) is 0 Å². The number of rotatable bonds is 5. The standard InChI is InChI=1S/C21H26N2O.ClH/c1-23(21(24)20-13-7-11-17(20)14-22)15-18-10-5-6-12-19(18)16-8-3-2-4-9-16;/h2-6,8-10,12,17,20H,7,11,13-15,22H2,1H3;1H/t17-,20-;/m1./s1. The molecular weight excluding hydrogens is 332 g/mol. The Hall–Kier alpha value is -1.84. The third kappa shape index (κ3) is 4.42. The van der Waals surface area contributed by atoms with Crippen LogP contribution < -0.4 is 5.73 Å². The van der Waals surface area contributed by atoms with E-state index in [9.17, 15) is 4.79 Å². The van der Waals surface area contributed by atoms with E-state index < -0.39 is 0 Å². The van der Waals surface area contributed by atoms with Crippen molar-refractivity contribution in [1.29, 1.82) is 0 Å². The molecule has 0 aliphatic heterocycles. The second-order valence-electron chi connectivity index (χ2n) is 6.75. The van der Waals surface area contributed by atoms with Gasteiger partial charge in [0.2, 0.25) is 5.91 Å². The van der Waals surface area contributed by atoms with Crippen LogP contribution in [-0.2, 0) is 11.3 Å². The zero-order valence-electron chi connectivity index (χ0n) is 14.7. The Morgan fingerprint density at radius 1 is 1.08 bits per heavy atom. The third-order valence-electron chi connectivity index (χ3n) is 5.16. The summed E-state index contributed by atoms with van der Waals surface area (Å²) in [7, 11) is 1.91. The SMILES string of the molecule is CN(Cc1ccccc1-c1ccccc1)C(=O)[C@@H]1CCC[C@@H]1CN.Cl. The van der Waals surface area contributed by atoms with Gasteiger partial charge in [-0.1, -0.05) is 61.0 Å². The topological polar surface area (TPSA) is 46.3 Å². The van der Waals surface area contributed by atoms with Crippen molar-refractivity contribution in [3.05, 3.63) is 60.2 Å². The molecule has 0 heterocycles. The van der Waals surface area contributed by atoms with Crippen LogP contribution in [0.2, 0.25) is 0 Å². The van der Waals surface area contributed by atoms with Crippen LogP contribution in [0.4, 0.5) is 0 Å². The minimum atomic E-state index is 0. The van der Waals surface area contributed by atoms with E-state index >= 15 is 0 Å². The maximum atomic E-state index is 12.8. The van der Waals surface area contributed by atoms with E-state index in [1.54, 1.807) is 0 Å². The van der Waals surface area contributed by atoms with Gasteiger partial charge in [0.1, 0.15) is 0 Å². The molecule has 25 heavy (non-hydrogen) atoms. The van der Waals surface area contributed by atoms with Crippen LogP contribution in [0.5, 0.6) is 0 Å². The average Bonchev–Trinajstić information content (AvgIpc) is 3.11. The van der Waals surface area contributed by atoms with Crippen LogP contribution >= 0.6 is 12.4 Å². The van der Waals surface area contributed by atoms with Crippen molar-refractivity contribution < 1.29 is 4.79 Å². The van der Waals surface area contributed by atoms with Gasteiger partial charge in [-0.25, -0.2) is 0 Å². The summed E-state index contributed by atoms with van der Waals surface area (Å²) in [5, 5.41) is 0. The third-order valence-corrected chi connectivity index (χ3v) is 5.16. The predicted molar refractivity (Wildman–Crippen MR) is 105 cm³/mol. The molecule has 4 heteroatoms. The number of carbonyl (C=O) groups excluding carboxylic acids is 1. The fourth-order valence-electron chi connectivity index (χ4n) is 3.82. The molecule has 0 bridgehead atoms. The monoisotopic (exact) mass is 358 g/mol. The first-order chi connectivity index (χ1) is 11.7. The van der Waals surface area contributed by atoms with Crippen molar-refractivity contribution in [3.8, 4) is 11.1 Å². The molecule has 1 amide bonds. The zero-order valence-corrected chi connectivity index (χ0v) is 15.5. The highest BCUT2D eigenvalue weighted by molar-refractivity contribution is 5.85. The first kappa shape index (κ1) is 19.5. The van der Waals surface area contributed by atoms with Crippen molar-refractivity contribution in [2.75, 3.05) is 13.6 Å². The van der Waals surface area contributed by atoms with E-state index in [-0.39, 0.29) is 24.2 Å². The number of hydrogen-bond donors (Lipinski definition) is 1. The molecule has 3 nitrogen and oxygen atoms in total. The number of halogens is 1. The Morgan fingerprint density at radius 2 is 1.76 bits per heavy atom. The fourth-order valence-corrected chi connectivity index (χ4v) is 3.82. The first-order valence-electron chi connectivity index (χ1n) is 8.79. The van der Waals surface area contributed by atoms with E-state index in [1.165, 1.54) is 16.7 Å². The molecule has 1 aliphatic carbocycles. The number of hydrogen-bond acceptors (Lipinski definition) is 2. The van der Waals surface area contributed by atoms with Gasteiger partial charge in [0.25, 0.3) is 0 Å². The minimum Gasteiger partial charge on any atom is -0.341 e. The van der Waals surface area contributed by atoms with E-state index in [2.05, 4.69) is 30.3 Å². The lowest BCUT2D eigenvalue weighted by Gasteiger charge is -2.25. The molecule has 0 saturated heterocycles. The zero-order chi connectivity index (χ0) is 16.9. The summed E-state index contributed by atoms with van der Waals surface area (Å²) in [4.78, 5) is 14.7. The van der Waals surface area contributed by atoms with Gasteiger partial charge in [0.15, 0.2) is 0 Å². The smallest absolute Gasteiger partial charge is 0.226 e. The van der Waals surface area contributed by atoms with Crippen molar-refractivity contribution >= 4 is 18.3 Å². The maximum Gasteiger partial charge on any atom is 0.226 e. The second kappa shape index (κ2) is 9.02. The molecule has 1 saturated carbocycles. The van der Waals surface area contributed by atoms with Gasteiger partial charge in [0, 0.05) is 19.5 Å². The molecule has 0 aromatic heterocycles. The maximum absolute atomic E-state index is 12.8. The number of nitrogens with zero attached hydrogens (tertiary/aromatic N) is 1. The van der Waals surface area contributed by atoms with Crippen LogP contribution in [0, 0.1) is 11.8 Å². The lowest BCUT2D eigenvalue weighted by molar-refractivity contribution is -0.135. The van der Waals surface area contributed by atoms with Crippen LogP contribution in [-0.4, -0.2) is 24.4 Å². The summed E-state index contributed by atoms with van der Waals surface area (Å²) in [5.41, 5.74) is 9.41. The molecule has 0 unspecified atom stereocenters. The summed E-state index contributed by atoms with van der Waals surface area (Å²) in [6.07, 6.45) is 3.18. The van der Waals surface area contributed by atoms with Crippen molar-refractivity contribution in [1.82, 2.24) is 4.90 Å². The summed E-state index contributed by atoms with van der Waals surface area (Å²) >= 11 is 0. The number of carbonyl (C=O) groups is 1. The predicted octanol–water partition coefficient (Wildman–Crippen LogP) is 4.11. The van der Waals surface area contributed by atoms with Crippen LogP contribution in [0.15, 0.2) is 54.6 Å². The van der Waals surface area contributed by atoms with E-state index in [0.717, 1.165) is 19.3 Å².